The fraction of sp³-hybridized carbons (Fsp3) is 0.467. The number of benzene rings is 1. The van der Waals surface area contributed by atoms with Crippen molar-refractivity contribution >= 4 is 29.1 Å². The molecule has 1 N–H and O–H groups in total. The lowest BCUT2D eigenvalue weighted by molar-refractivity contribution is -0.123. The van der Waals surface area contributed by atoms with E-state index in [0.29, 0.717) is 28.9 Å². The van der Waals surface area contributed by atoms with Gasteiger partial charge in [0.2, 0.25) is 11.8 Å². The van der Waals surface area contributed by atoms with E-state index >= 15 is 0 Å². The Morgan fingerprint density at radius 1 is 1.38 bits per heavy atom. The quantitative estimate of drug-likeness (QED) is 0.878. The first kappa shape index (κ1) is 17.3. The van der Waals surface area contributed by atoms with Crippen molar-refractivity contribution in [3.8, 4) is 5.75 Å². The number of nitrogens with one attached hydrogen (secondary N) is 1. The summed E-state index contributed by atoms with van der Waals surface area (Å²) >= 11 is 6.05. The Morgan fingerprint density at radius 2 is 2.05 bits per heavy atom. The van der Waals surface area contributed by atoms with E-state index in [1.807, 2.05) is 13.8 Å². The third-order valence-electron chi connectivity index (χ3n) is 2.84. The highest BCUT2D eigenvalue weighted by Gasteiger charge is 2.17. The van der Waals surface area contributed by atoms with Crippen LogP contribution >= 0.6 is 11.6 Å². The second-order valence-electron chi connectivity index (χ2n) is 5.12. The molecule has 0 radical (unpaired) electrons. The van der Waals surface area contributed by atoms with Gasteiger partial charge in [-0.25, -0.2) is 0 Å². The van der Waals surface area contributed by atoms with Crippen LogP contribution in [0.2, 0.25) is 5.02 Å². The molecular formula is C15H21ClN2O3. The summed E-state index contributed by atoms with van der Waals surface area (Å²) in [6, 6.07) is 4.97. The van der Waals surface area contributed by atoms with Crippen molar-refractivity contribution in [1.29, 1.82) is 0 Å². The van der Waals surface area contributed by atoms with Crippen LogP contribution in [0.15, 0.2) is 18.2 Å². The Balaban J connectivity index is 2.85. The summed E-state index contributed by atoms with van der Waals surface area (Å²) in [5, 5.41) is 3.18. The normalized spacial score (nSPS) is 10.4. The fourth-order valence-corrected chi connectivity index (χ4v) is 1.98. The van der Waals surface area contributed by atoms with Gasteiger partial charge in [0.1, 0.15) is 12.3 Å². The molecule has 0 unspecified atom stereocenters. The summed E-state index contributed by atoms with van der Waals surface area (Å²) in [5.41, 5.74) is 0.563. The Hall–Kier alpha value is -1.75. The fourth-order valence-electron chi connectivity index (χ4n) is 1.73. The monoisotopic (exact) mass is 312 g/mol. The molecule has 0 aromatic heterocycles. The first-order valence-electron chi connectivity index (χ1n) is 6.73. The van der Waals surface area contributed by atoms with Crippen molar-refractivity contribution in [2.75, 3.05) is 25.1 Å². The van der Waals surface area contributed by atoms with Crippen LogP contribution in [0.4, 0.5) is 5.69 Å². The molecule has 1 aromatic rings. The van der Waals surface area contributed by atoms with Gasteiger partial charge in [-0.3, -0.25) is 9.59 Å². The summed E-state index contributed by atoms with van der Waals surface area (Å²) in [5.74, 6) is 0.449. The zero-order valence-electron chi connectivity index (χ0n) is 12.8. The van der Waals surface area contributed by atoms with Crippen LogP contribution < -0.4 is 15.0 Å². The van der Waals surface area contributed by atoms with E-state index in [1.54, 1.807) is 18.2 Å². The number of ether oxygens (including phenoxy) is 1. The predicted octanol–water partition coefficient (Wildman–Crippen LogP) is 2.47. The van der Waals surface area contributed by atoms with Gasteiger partial charge in [0.25, 0.3) is 0 Å². The minimum Gasteiger partial charge on any atom is -0.495 e. The molecule has 0 spiro atoms. The highest BCUT2D eigenvalue weighted by molar-refractivity contribution is 6.32. The highest BCUT2D eigenvalue weighted by Crippen LogP contribution is 2.29. The second kappa shape index (κ2) is 7.88. The summed E-state index contributed by atoms with van der Waals surface area (Å²) in [4.78, 5) is 25.0. The van der Waals surface area contributed by atoms with Crippen molar-refractivity contribution < 1.29 is 14.3 Å². The molecule has 1 rings (SSSR count). The van der Waals surface area contributed by atoms with Gasteiger partial charge in [-0.05, 0) is 24.1 Å². The van der Waals surface area contributed by atoms with Gasteiger partial charge in [0.15, 0.2) is 0 Å². The molecule has 0 aliphatic carbocycles. The maximum atomic E-state index is 11.9. The molecule has 1 aromatic carbocycles. The molecule has 0 fully saturated rings. The zero-order valence-corrected chi connectivity index (χ0v) is 13.5. The van der Waals surface area contributed by atoms with Gasteiger partial charge in [-0.1, -0.05) is 25.4 Å². The predicted molar refractivity (Wildman–Crippen MR) is 83.9 cm³/mol. The number of hydrogen-bond donors (Lipinski definition) is 1. The lowest BCUT2D eigenvalue weighted by Crippen LogP contribution is -2.40. The molecule has 0 saturated carbocycles. The second-order valence-corrected chi connectivity index (χ2v) is 5.53. The van der Waals surface area contributed by atoms with Crippen LogP contribution in [-0.2, 0) is 9.59 Å². The molecule has 2 amide bonds. The summed E-state index contributed by atoms with van der Waals surface area (Å²) in [6.45, 7) is 5.96. The van der Waals surface area contributed by atoms with Gasteiger partial charge in [0, 0.05) is 19.2 Å². The van der Waals surface area contributed by atoms with Crippen molar-refractivity contribution in [3.63, 3.8) is 0 Å². The highest BCUT2D eigenvalue weighted by atomic mass is 35.5. The number of methoxy groups -OCH3 is 1. The third kappa shape index (κ3) is 5.27. The lowest BCUT2D eigenvalue weighted by Gasteiger charge is -2.21. The van der Waals surface area contributed by atoms with E-state index in [2.05, 4.69) is 5.32 Å². The molecule has 0 bridgehead atoms. The Kier molecular flexibility index (Phi) is 6.49. The number of nitrogens with zero attached hydrogens (tertiary/aromatic N) is 1. The lowest BCUT2D eigenvalue weighted by atomic mass is 10.2. The summed E-state index contributed by atoms with van der Waals surface area (Å²) < 4.78 is 5.07. The molecule has 6 heteroatoms. The number of carbonyl (C=O) groups excluding carboxylic acids is 2. The Morgan fingerprint density at radius 3 is 2.52 bits per heavy atom. The van der Waals surface area contributed by atoms with Crippen LogP contribution in [0.25, 0.3) is 0 Å². The number of rotatable bonds is 6. The van der Waals surface area contributed by atoms with E-state index in [9.17, 15) is 9.59 Å². The van der Waals surface area contributed by atoms with Gasteiger partial charge in [0.05, 0.1) is 12.1 Å². The number of halogens is 1. The van der Waals surface area contributed by atoms with Crippen molar-refractivity contribution in [1.82, 2.24) is 5.32 Å². The maximum absolute atomic E-state index is 11.9. The summed E-state index contributed by atoms with van der Waals surface area (Å²) in [6.07, 6.45) is 0. The smallest absolute Gasteiger partial charge is 0.240 e. The topological polar surface area (TPSA) is 58.6 Å². The van der Waals surface area contributed by atoms with E-state index < -0.39 is 0 Å². The van der Waals surface area contributed by atoms with Gasteiger partial charge >= 0.3 is 0 Å². The SMILES string of the molecule is COc1ccc(N(CC(=O)NCC(C)C)C(C)=O)cc1Cl. The first-order valence-corrected chi connectivity index (χ1v) is 7.11. The van der Waals surface area contributed by atoms with Gasteiger partial charge in [-0.2, -0.15) is 0 Å². The van der Waals surface area contributed by atoms with Crippen molar-refractivity contribution in [3.05, 3.63) is 23.2 Å². The Labute approximate surface area is 130 Å². The molecule has 0 heterocycles. The van der Waals surface area contributed by atoms with Crippen LogP contribution in [-0.4, -0.2) is 32.0 Å². The number of amides is 2. The van der Waals surface area contributed by atoms with Crippen LogP contribution in [0, 0.1) is 5.92 Å². The summed E-state index contributed by atoms with van der Waals surface area (Å²) in [7, 11) is 1.52. The van der Waals surface area contributed by atoms with Crippen LogP contribution in [0.3, 0.4) is 0 Å². The standard InChI is InChI=1S/C15H21ClN2O3/c1-10(2)8-17-15(20)9-18(11(3)19)12-5-6-14(21-4)13(16)7-12/h5-7,10H,8-9H2,1-4H3,(H,17,20). The van der Waals surface area contributed by atoms with Gasteiger partial charge < -0.3 is 15.0 Å². The minimum atomic E-state index is -0.226. The van der Waals surface area contributed by atoms with Gasteiger partial charge in [-0.15, -0.1) is 0 Å². The van der Waals surface area contributed by atoms with E-state index in [1.165, 1.54) is 18.9 Å². The van der Waals surface area contributed by atoms with Crippen LogP contribution in [0.5, 0.6) is 5.75 Å². The molecular weight excluding hydrogens is 292 g/mol. The third-order valence-corrected chi connectivity index (χ3v) is 3.13. The average molecular weight is 313 g/mol. The van der Waals surface area contributed by atoms with Crippen molar-refractivity contribution in [2.24, 2.45) is 5.92 Å². The first-order chi connectivity index (χ1) is 9.85. The molecule has 116 valence electrons. The zero-order chi connectivity index (χ0) is 16.0. The van der Waals surface area contributed by atoms with Crippen LogP contribution in [0.1, 0.15) is 20.8 Å². The van der Waals surface area contributed by atoms with Crippen molar-refractivity contribution in [2.45, 2.75) is 20.8 Å². The largest absolute Gasteiger partial charge is 0.495 e. The minimum absolute atomic E-state index is 0.0370. The van der Waals surface area contributed by atoms with E-state index in [4.69, 9.17) is 16.3 Å². The Bertz CT molecular complexity index is 518. The van der Waals surface area contributed by atoms with E-state index in [-0.39, 0.29) is 18.4 Å². The number of carbonyl (C=O) groups is 2. The molecule has 5 nitrogen and oxygen atoms in total. The molecule has 0 saturated heterocycles. The molecule has 0 aliphatic rings. The maximum Gasteiger partial charge on any atom is 0.240 e. The molecule has 21 heavy (non-hydrogen) atoms. The average Bonchev–Trinajstić information content (AvgIpc) is 2.42. The molecule has 0 atom stereocenters. The van der Waals surface area contributed by atoms with E-state index in [0.717, 1.165) is 0 Å². The number of anilines is 1. The number of hydrogen-bond acceptors (Lipinski definition) is 3. The molecule has 0 aliphatic heterocycles.